The van der Waals surface area contributed by atoms with E-state index in [0.29, 0.717) is 5.56 Å². The van der Waals surface area contributed by atoms with Gasteiger partial charge in [0.2, 0.25) is 0 Å². The van der Waals surface area contributed by atoms with Crippen LogP contribution in [-0.4, -0.2) is 22.2 Å². The first-order chi connectivity index (χ1) is 8.02. The third-order valence-corrected chi connectivity index (χ3v) is 2.54. The van der Waals surface area contributed by atoms with Crippen molar-refractivity contribution in [3.8, 4) is 0 Å². The normalized spacial score (nSPS) is 11.8. The molecule has 0 aliphatic rings. The Bertz CT molecular complexity index is 422. The summed E-state index contributed by atoms with van der Waals surface area (Å²) in [5, 5.41) is 17.8. The summed E-state index contributed by atoms with van der Waals surface area (Å²) in [5.41, 5.74) is 0.713. The van der Waals surface area contributed by atoms with Gasteiger partial charge in [0.15, 0.2) is 0 Å². The lowest BCUT2D eigenvalue weighted by Gasteiger charge is -2.12. The van der Waals surface area contributed by atoms with E-state index in [2.05, 4.69) is 6.58 Å². The second kappa shape index (κ2) is 5.84. The lowest BCUT2D eigenvalue weighted by atomic mass is 9.93. The average molecular weight is 234 g/mol. The number of aliphatic carboxylic acids is 2. The molecule has 0 heterocycles. The summed E-state index contributed by atoms with van der Waals surface area (Å²) in [5.74, 6) is -2.72. The van der Waals surface area contributed by atoms with E-state index >= 15 is 0 Å². The molecule has 1 aromatic rings. The molecule has 0 saturated heterocycles. The molecule has 0 aromatic heterocycles. The van der Waals surface area contributed by atoms with Crippen LogP contribution in [0.4, 0.5) is 0 Å². The number of carbonyl (C=O) groups is 2. The van der Waals surface area contributed by atoms with Gasteiger partial charge in [-0.1, -0.05) is 36.9 Å². The van der Waals surface area contributed by atoms with Crippen LogP contribution in [0.15, 0.2) is 42.5 Å². The molecular weight excluding hydrogens is 220 g/mol. The van der Waals surface area contributed by atoms with E-state index in [0.717, 1.165) is 0 Å². The van der Waals surface area contributed by atoms with Gasteiger partial charge in [-0.05, 0) is 18.4 Å². The van der Waals surface area contributed by atoms with Crippen LogP contribution in [0.5, 0.6) is 0 Å². The van der Waals surface area contributed by atoms with Crippen molar-refractivity contribution in [2.24, 2.45) is 0 Å². The van der Waals surface area contributed by atoms with E-state index in [-0.39, 0.29) is 18.4 Å². The van der Waals surface area contributed by atoms with Gasteiger partial charge in [-0.2, -0.15) is 0 Å². The second-order valence-corrected chi connectivity index (χ2v) is 3.75. The van der Waals surface area contributed by atoms with E-state index < -0.39 is 17.9 Å². The molecule has 1 unspecified atom stereocenters. The maximum atomic E-state index is 11.1. The van der Waals surface area contributed by atoms with E-state index in [4.69, 9.17) is 10.2 Å². The molecule has 0 bridgehead atoms. The number of hydrogen-bond acceptors (Lipinski definition) is 2. The van der Waals surface area contributed by atoms with Crippen LogP contribution in [0.3, 0.4) is 0 Å². The Labute approximate surface area is 99.2 Å². The quantitative estimate of drug-likeness (QED) is 0.740. The highest BCUT2D eigenvalue weighted by Crippen LogP contribution is 2.23. The molecule has 0 spiro atoms. The molecule has 0 amide bonds. The van der Waals surface area contributed by atoms with E-state index in [9.17, 15) is 9.59 Å². The molecule has 1 rings (SSSR count). The Hall–Kier alpha value is -2.10. The summed E-state index contributed by atoms with van der Waals surface area (Å²) < 4.78 is 0. The maximum absolute atomic E-state index is 11.1. The second-order valence-electron chi connectivity index (χ2n) is 3.75. The summed E-state index contributed by atoms with van der Waals surface area (Å²) in [4.78, 5) is 21.7. The minimum absolute atomic E-state index is 0.0344. The summed E-state index contributed by atoms with van der Waals surface area (Å²) in [6, 6.07) is 8.78. The molecule has 4 nitrogen and oxygen atoms in total. The van der Waals surface area contributed by atoms with Crippen molar-refractivity contribution < 1.29 is 19.8 Å². The monoisotopic (exact) mass is 234 g/mol. The highest BCUT2D eigenvalue weighted by Gasteiger charge is 2.20. The number of hydrogen-bond donors (Lipinski definition) is 2. The number of carboxylic acid groups (broad SMARTS) is 2. The van der Waals surface area contributed by atoms with Gasteiger partial charge in [-0.15, -0.1) is 0 Å². The van der Waals surface area contributed by atoms with Crippen LogP contribution in [0, 0.1) is 0 Å². The fourth-order valence-electron chi connectivity index (χ4n) is 1.54. The largest absolute Gasteiger partial charge is 0.481 e. The summed E-state index contributed by atoms with van der Waals surface area (Å²) in [6.45, 7) is 3.39. The first kappa shape index (κ1) is 13.0. The standard InChI is InChI=1S/C13H14O4/c1-9(12(14)15)7-8-11(13(16)17)10-5-3-2-4-6-10/h2-6,11H,1,7-8H2,(H,14,15)(H,16,17). The third kappa shape index (κ3) is 3.75. The molecule has 0 saturated carbocycles. The Kier molecular flexibility index (Phi) is 4.46. The lowest BCUT2D eigenvalue weighted by Crippen LogP contribution is -2.12. The Balaban J connectivity index is 2.72. The summed E-state index contributed by atoms with van der Waals surface area (Å²) in [7, 11) is 0. The number of rotatable bonds is 6. The molecule has 0 aliphatic heterocycles. The van der Waals surface area contributed by atoms with Gasteiger partial charge in [0.05, 0.1) is 5.92 Å². The molecule has 90 valence electrons. The predicted molar refractivity (Wildman–Crippen MR) is 62.8 cm³/mol. The van der Waals surface area contributed by atoms with Gasteiger partial charge in [-0.3, -0.25) is 4.79 Å². The van der Waals surface area contributed by atoms with Crippen molar-refractivity contribution >= 4 is 11.9 Å². The van der Waals surface area contributed by atoms with Crippen molar-refractivity contribution in [2.45, 2.75) is 18.8 Å². The summed E-state index contributed by atoms with van der Waals surface area (Å²) >= 11 is 0. The van der Waals surface area contributed by atoms with Gasteiger partial charge >= 0.3 is 11.9 Å². The van der Waals surface area contributed by atoms with Gasteiger partial charge in [0, 0.05) is 5.57 Å². The SMILES string of the molecule is C=C(CCC(C(=O)O)c1ccccc1)C(=O)O. The summed E-state index contributed by atoms with van der Waals surface area (Å²) in [6.07, 6.45) is 0.408. The molecule has 1 aromatic carbocycles. The smallest absolute Gasteiger partial charge is 0.330 e. The molecule has 1 atom stereocenters. The lowest BCUT2D eigenvalue weighted by molar-refractivity contribution is -0.139. The maximum Gasteiger partial charge on any atom is 0.330 e. The molecule has 17 heavy (non-hydrogen) atoms. The van der Waals surface area contributed by atoms with Crippen molar-refractivity contribution in [3.63, 3.8) is 0 Å². The van der Waals surface area contributed by atoms with Crippen LogP contribution < -0.4 is 0 Å². The first-order valence-corrected chi connectivity index (χ1v) is 5.21. The zero-order valence-corrected chi connectivity index (χ0v) is 9.30. The highest BCUT2D eigenvalue weighted by molar-refractivity contribution is 5.86. The average Bonchev–Trinajstić information content (AvgIpc) is 2.29. The molecule has 2 N–H and O–H groups in total. The Morgan fingerprint density at radius 3 is 2.24 bits per heavy atom. The van der Waals surface area contributed by atoms with Crippen LogP contribution in [0.2, 0.25) is 0 Å². The topological polar surface area (TPSA) is 74.6 Å². The fraction of sp³-hybridized carbons (Fsp3) is 0.231. The Morgan fingerprint density at radius 2 is 1.76 bits per heavy atom. The Morgan fingerprint density at radius 1 is 1.18 bits per heavy atom. The zero-order valence-electron chi connectivity index (χ0n) is 9.30. The zero-order chi connectivity index (χ0) is 12.8. The van der Waals surface area contributed by atoms with Crippen molar-refractivity contribution in [1.82, 2.24) is 0 Å². The van der Waals surface area contributed by atoms with E-state index in [1.165, 1.54) is 0 Å². The van der Waals surface area contributed by atoms with Gasteiger partial charge in [-0.25, -0.2) is 4.79 Å². The highest BCUT2D eigenvalue weighted by atomic mass is 16.4. The van der Waals surface area contributed by atoms with Crippen LogP contribution in [0.25, 0.3) is 0 Å². The van der Waals surface area contributed by atoms with Crippen molar-refractivity contribution in [1.29, 1.82) is 0 Å². The van der Waals surface area contributed by atoms with Crippen molar-refractivity contribution in [3.05, 3.63) is 48.0 Å². The predicted octanol–water partition coefficient (Wildman–Crippen LogP) is 2.28. The van der Waals surface area contributed by atoms with E-state index in [1.54, 1.807) is 30.3 Å². The van der Waals surface area contributed by atoms with Crippen LogP contribution >= 0.6 is 0 Å². The van der Waals surface area contributed by atoms with Crippen molar-refractivity contribution in [2.75, 3.05) is 0 Å². The third-order valence-electron chi connectivity index (χ3n) is 2.54. The van der Waals surface area contributed by atoms with Crippen LogP contribution in [0.1, 0.15) is 24.3 Å². The molecule has 4 heteroatoms. The number of benzene rings is 1. The molecule has 0 radical (unpaired) electrons. The first-order valence-electron chi connectivity index (χ1n) is 5.21. The molecule has 0 fully saturated rings. The fourth-order valence-corrected chi connectivity index (χ4v) is 1.54. The molecule has 0 aliphatic carbocycles. The minimum Gasteiger partial charge on any atom is -0.481 e. The van der Waals surface area contributed by atoms with Gasteiger partial charge < -0.3 is 10.2 Å². The molecular formula is C13H14O4. The minimum atomic E-state index is -1.08. The van der Waals surface area contributed by atoms with E-state index in [1.807, 2.05) is 0 Å². The van der Waals surface area contributed by atoms with Crippen LogP contribution in [-0.2, 0) is 9.59 Å². The van der Waals surface area contributed by atoms with Gasteiger partial charge in [0.25, 0.3) is 0 Å². The van der Waals surface area contributed by atoms with Gasteiger partial charge in [0.1, 0.15) is 0 Å². The number of carboxylic acids is 2.